The van der Waals surface area contributed by atoms with E-state index in [1.165, 1.54) is 0 Å². The number of halogens is 1. The van der Waals surface area contributed by atoms with Crippen molar-refractivity contribution < 1.29 is 4.42 Å². The SMILES string of the molecule is CCN(Cc1ccco1)c1cccc(Br)c1CN. The molecule has 4 heteroatoms. The van der Waals surface area contributed by atoms with Gasteiger partial charge in [0, 0.05) is 28.8 Å². The van der Waals surface area contributed by atoms with Crippen molar-refractivity contribution in [2.75, 3.05) is 11.4 Å². The van der Waals surface area contributed by atoms with Crippen LogP contribution in [0.1, 0.15) is 18.2 Å². The Kier molecular flexibility index (Phi) is 4.44. The van der Waals surface area contributed by atoms with Crippen LogP contribution in [0.5, 0.6) is 0 Å². The van der Waals surface area contributed by atoms with E-state index < -0.39 is 0 Å². The van der Waals surface area contributed by atoms with Crippen LogP contribution in [-0.2, 0) is 13.1 Å². The minimum Gasteiger partial charge on any atom is -0.467 e. The molecule has 0 aliphatic rings. The molecule has 0 unspecified atom stereocenters. The van der Waals surface area contributed by atoms with Crippen LogP contribution >= 0.6 is 15.9 Å². The van der Waals surface area contributed by atoms with Crippen molar-refractivity contribution in [2.24, 2.45) is 5.73 Å². The lowest BCUT2D eigenvalue weighted by Crippen LogP contribution is -2.23. The van der Waals surface area contributed by atoms with Gasteiger partial charge in [-0.15, -0.1) is 0 Å². The van der Waals surface area contributed by atoms with Crippen molar-refractivity contribution >= 4 is 21.6 Å². The molecular weight excluding hydrogens is 292 g/mol. The van der Waals surface area contributed by atoms with Gasteiger partial charge in [0.15, 0.2) is 0 Å². The molecule has 0 saturated carbocycles. The van der Waals surface area contributed by atoms with Crippen molar-refractivity contribution in [3.05, 3.63) is 52.4 Å². The zero-order chi connectivity index (χ0) is 13.0. The number of nitrogens with two attached hydrogens (primary N) is 1. The Bertz CT molecular complexity index is 497. The Morgan fingerprint density at radius 3 is 2.72 bits per heavy atom. The largest absolute Gasteiger partial charge is 0.467 e. The van der Waals surface area contributed by atoms with Crippen molar-refractivity contribution in [1.82, 2.24) is 0 Å². The van der Waals surface area contributed by atoms with Crippen molar-refractivity contribution in [2.45, 2.75) is 20.0 Å². The molecule has 1 aromatic carbocycles. The first kappa shape index (κ1) is 13.2. The molecule has 3 nitrogen and oxygen atoms in total. The molecule has 2 N–H and O–H groups in total. The summed E-state index contributed by atoms with van der Waals surface area (Å²) in [4.78, 5) is 2.26. The van der Waals surface area contributed by atoms with Crippen molar-refractivity contribution in [3.8, 4) is 0 Å². The maximum atomic E-state index is 5.84. The summed E-state index contributed by atoms with van der Waals surface area (Å²) in [7, 11) is 0. The van der Waals surface area contributed by atoms with Gasteiger partial charge in [-0.1, -0.05) is 22.0 Å². The standard InChI is InChI=1S/C14H17BrN2O/c1-2-17(10-11-5-4-8-18-11)14-7-3-6-13(15)12(14)9-16/h3-8H,2,9-10,16H2,1H3. The molecular formula is C14H17BrN2O. The molecule has 0 bridgehead atoms. The number of furan rings is 1. The summed E-state index contributed by atoms with van der Waals surface area (Å²) in [5.74, 6) is 0.958. The number of anilines is 1. The average molecular weight is 309 g/mol. The topological polar surface area (TPSA) is 42.4 Å². The number of hydrogen-bond donors (Lipinski definition) is 1. The third-order valence-electron chi connectivity index (χ3n) is 2.95. The van der Waals surface area contributed by atoms with Gasteiger partial charge in [-0.25, -0.2) is 0 Å². The van der Waals surface area contributed by atoms with E-state index in [9.17, 15) is 0 Å². The van der Waals surface area contributed by atoms with E-state index in [0.717, 1.165) is 34.6 Å². The van der Waals surface area contributed by atoms with E-state index in [4.69, 9.17) is 10.2 Å². The normalized spacial score (nSPS) is 10.6. The van der Waals surface area contributed by atoms with Crippen molar-refractivity contribution in [3.63, 3.8) is 0 Å². The number of nitrogens with zero attached hydrogens (tertiary/aromatic N) is 1. The maximum Gasteiger partial charge on any atom is 0.123 e. The Morgan fingerprint density at radius 1 is 1.28 bits per heavy atom. The van der Waals surface area contributed by atoms with E-state index in [1.54, 1.807) is 6.26 Å². The highest BCUT2D eigenvalue weighted by Gasteiger charge is 2.12. The zero-order valence-electron chi connectivity index (χ0n) is 10.4. The Balaban J connectivity index is 2.30. The molecule has 2 aromatic rings. The molecule has 0 saturated heterocycles. The molecule has 0 fully saturated rings. The minimum atomic E-state index is 0.519. The fourth-order valence-corrected chi connectivity index (χ4v) is 2.52. The van der Waals surface area contributed by atoms with Crippen LogP contribution in [0.3, 0.4) is 0 Å². The van der Waals surface area contributed by atoms with Gasteiger partial charge in [0.25, 0.3) is 0 Å². The molecule has 0 atom stereocenters. The molecule has 0 radical (unpaired) electrons. The highest BCUT2D eigenvalue weighted by molar-refractivity contribution is 9.10. The number of rotatable bonds is 5. The lowest BCUT2D eigenvalue weighted by molar-refractivity contribution is 0.503. The second-order valence-corrected chi connectivity index (χ2v) is 4.89. The zero-order valence-corrected chi connectivity index (χ0v) is 12.0. The highest BCUT2D eigenvalue weighted by Crippen LogP contribution is 2.28. The Hall–Kier alpha value is -1.26. The van der Waals surface area contributed by atoms with Gasteiger partial charge in [-0.3, -0.25) is 0 Å². The predicted molar refractivity (Wildman–Crippen MR) is 77.5 cm³/mol. The Labute approximate surface area is 116 Å². The molecule has 2 rings (SSSR count). The third-order valence-corrected chi connectivity index (χ3v) is 3.69. The lowest BCUT2D eigenvalue weighted by atomic mass is 10.1. The third kappa shape index (κ3) is 2.76. The van der Waals surface area contributed by atoms with E-state index in [0.29, 0.717) is 6.54 Å². The second-order valence-electron chi connectivity index (χ2n) is 4.04. The summed E-state index contributed by atoms with van der Waals surface area (Å²) in [6.45, 7) is 4.31. The smallest absolute Gasteiger partial charge is 0.123 e. The highest BCUT2D eigenvalue weighted by atomic mass is 79.9. The summed E-state index contributed by atoms with van der Waals surface area (Å²) in [6.07, 6.45) is 1.70. The van der Waals surface area contributed by atoms with Crippen LogP contribution in [0.4, 0.5) is 5.69 Å². The summed E-state index contributed by atoms with van der Waals surface area (Å²) in [5.41, 5.74) is 8.13. The first-order valence-corrected chi connectivity index (χ1v) is 6.80. The second kappa shape index (κ2) is 6.07. The van der Waals surface area contributed by atoms with Crippen molar-refractivity contribution in [1.29, 1.82) is 0 Å². The first-order valence-electron chi connectivity index (χ1n) is 6.01. The van der Waals surface area contributed by atoms with Gasteiger partial charge >= 0.3 is 0 Å². The molecule has 1 aromatic heterocycles. The fourth-order valence-electron chi connectivity index (χ4n) is 2.00. The summed E-state index contributed by atoms with van der Waals surface area (Å²) in [6, 6.07) is 10.0. The fraction of sp³-hybridized carbons (Fsp3) is 0.286. The monoisotopic (exact) mass is 308 g/mol. The summed E-state index contributed by atoms with van der Waals surface area (Å²) in [5, 5.41) is 0. The van der Waals surface area contributed by atoms with Crippen LogP contribution in [0.2, 0.25) is 0 Å². The van der Waals surface area contributed by atoms with Gasteiger partial charge in [0.2, 0.25) is 0 Å². The number of hydrogen-bond acceptors (Lipinski definition) is 3. The minimum absolute atomic E-state index is 0.519. The first-order chi connectivity index (χ1) is 8.76. The van der Waals surface area contributed by atoms with Gasteiger partial charge < -0.3 is 15.1 Å². The number of benzene rings is 1. The Morgan fingerprint density at radius 2 is 2.11 bits per heavy atom. The van der Waals surface area contributed by atoms with E-state index in [2.05, 4.69) is 33.8 Å². The van der Waals surface area contributed by atoms with E-state index in [1.807, 2.05) is 24.3 Å². The molecule has 0 aliphatic carbocycles. The predicted octanol–water partition coefficient (Wildman–Crippen LogP) is 3.53. The van der Waals surface area contributed by atoms with Gasteiger partial charge in [-0.05, 0) is 31.2 Å². The molecule has 96 valence electrons. The van der Waals surface area contributed by atoms with Gasteiger partial charge in [0.1, 0.15) is 5.76 Å². The van der Waals surface area contributed by atoms with E-state index >= 15 is 0 Å². The van der Waals surface area contributed by atoms with Crippen LogP contribution < -0.4 is 10.6 Å². The van der Waals surface area contributed by atoms with Gasteiger partial charge in [-0.2, -0.15) is 0 Å². The van der Waals surface area contributed by atoms with Crippen LogP contribution in [-0.4, -0.2) is 6.54 Å². The molecule has 18 heavy (non-hydrogen) atoms. The molecule has 0 aliphatic heterocycles. The maximum absolute atomic E-state index is 5.84. The van der Waals surface area contributed by atoms with Crippen LogP contribution in [0, 0.1) is 0 Å². The molecule has 0 amide bonds. The lowest BCUT2D eigenvalue weighted by Gasteiger charge is -2.25. The van der Waals surface area contributed by atoms with E-state index in [-0.39, 0.29) is 0 Å². The average Bonchev–Trinajstić information content (AvgIpc) is 2.88. The summed E-state index contributed by atoms with van der Waals surface area (Å²) < 4.78 is 6.46. The molecule has 0 spiro atoms. The molecule has 1 heterocycles. The van der Waals surface area contributed by atoms with Crippen LogP contribution in [0.25, 0.3) is 0 Å². The summed E-state index contributed by atoms with van der Waals surface area (Å²) >= 11 is 3.55. The quantitative estimate of drug-likeness (QED) is 0.919. The van der Waals surface area contributed by atoms with Gasteiger partial charge in [0.05, 0.1) is 12.8 Å². The van der Waals surface area contributed by atoms with Crippen LogP contribution in [0.15, 0.2) is 45.5 Å².